The Hall–Kier alpha value is -1.80. The fourth-order valence-corrected chi connectivity index (χ4v) is 2.67. The predicted molar refractivity (Wildman–Crippen MR) is 84.3 cm³/mol. The number of rotatable bonds is 4. The summed E-state index contributed by atoms with van der Waals surface area (Å²) in [6.45, 7) is 8.94. The number of benzene rings is 2. The van der Waals surface area contributed by atoms with Crippen molar-refractivity contribution in [1.29, 1.82) is 0 Å². The van der Waals surface area contributed by atoms with Crippen LogP contribution in [0, 0.1) is 20.8 Å². The molecule has 2 rings (SSSR count). The van der Waals surface area contributed by atoms with Crippen molar-refractivity contribution in [3.63, 3.8) is 0 Å². The van der Waals surface area contributed by atoms with E-state index in [-0.39, 0.29) is 6.04 Å². The summed E-state index contributed by atoms with van der Waals surface area (Å²) in [4.78, 5) is 0. The lowest BCUT2D eigenvalue weighted by molar-refractivity contribution is 0.335. The van der Waals surface area contributed by atoms with Gasteiger partial charge in [0.2, 0.25) is 0 Å². The Bertz CT molecular complexity index is 584. The Labute approximate surface area is 121 Å². The van der Waals surface area contributed by atoms with Gasteiger partial charge in [0.1, 0.15) is 5.75 Å². The van der Waals surface area contributed by atoms with E-state index in [1.54, 1.807) is 0 Å². The van der Waals surface area contributed by atoms with Gasteiger partial charge in [-0.1, -0.05) is 35.9 Å². The van der Waals surface area contributed by atoms with Crippen LogP contribution in [-0.2, 0) is 0 Å². The van der Waals surface area contributed by atoms with Gasteiger partial charge in [-0.25, -0.2) is 0 Å². The molecule has 0 aliphatic heterocycles. The van der Waals surface area contributed by atoms with Gasteiger partial charge in [0.05, 0.1) is 12.6 Å². The van der Waals surface area contributed by atoms with Gasteiger partial charge in [0.25, 0.3) is 0 Å². The molecule has 1 unspecified atom stereocenters. The summed E-state index contributed by atoms with van der Waals surface area (Å²) < 4.78 is 5.73. The van der Waals surface area contributed by atoms with Gasteiger partial charge >= 0.3 is 0 Å². The number of ether oxygens (including phenoxy) is 1. The molecule has 0 amide bonds. The predicted octanol–water partition coefficient (Wildman–Crippen LogP) is 4.06. The first-order valence-corrected chi connectivity index (χ1v) is 7.09. The zero-order valence-electron chi connectivity index (χ0n) is 12.7. The molecule has 0 aliphatic carbocycles. The van der Waals surface area contributed by atoms with E-state index in [1.165, 1.54) is 22.3 Å². The van der Waals surface area contributed by atoms with Crippen molar-refractivity contribution in [1.82, 2.24) is 0 Å². The summed E-state index contributed by atoms with van der Waals surface area (Å²) in [6.07, 6.45) is 0. The third kappa shape index (κ3) is 2.86. The van der Waals surface area contributed by atoms with E-state index in [9.17, 15) is 0 Å². The average molecular weight is 269 g/mol. The van der Waals surface area contributed by atoms with Gasteiger partial charge in [-0.05, 0) is 50.5 Å². The second-order valence-corrected chi connectivity index (χ2v) is 5.26. The molecule has 2 aromatic carbocycles. The molecule has 0 spiro atoms. The minimum absolute atomic E-state index is 0.155. The summed E-state index contributed by atoms with van der Waals surface area (Å²) >= 11 is 0. The monoisotopic (exact) mass is 269 g/mol. The van der Waals surface area contributed by atoms with Crippen LogP contribution in [0.5, 0.6) is 5.75 Å². The van der Waals surface area contributed by atoms with Crippen molar-refractivity contribution in [3.8, 4) is 5.75 Å². The molecule has 1 atom stereocenters. The van der Waals surface area contributed by atoms with Crippen molar-refractivity contribution >= 4 is 0 Å². The van der Waals surface area contributed by atoms with Crippen LogP contribution in [0.1, 0.15) is 40.8 Å². The van der Waals surface area contributed by atoms with Crippen molar-refractivity contribution < 1.29 is 4.74 Å². The summed E-state index contributed by atoms with van der Waals surface area (Å²) in [5.74, 6) is 0.883. The molecular weight excluding hydrogens is 246 g/mol. The zero-order valence-corrected chi connectivity index (χ0v) is 12.7. The van der Waals surface area contributed by atoms with E-state index in [0.29, 0.717) is 6.61 Å². The summed E-state index contributed by atoms with van der Waals surface area (Å²) in [7, 11) is 0. The van der Waals surface area contributed by atoms with Crippen LogP contribution >= 0.6 is 0 Å². The highest BCUT2D eigenvalue weighted by molar-refractivity contribution is 5.47. The lowest BCUT2D eigenvalue weighted by atomic mass is 9.91. The van der Waals surface area contributed by atoms with Crippen molar-refractivity contribution in [2.45, 2.75) is 33.7 Å². The second-order valence-electron chi connectivity index (χ2n) is 5.26. The Morgan fingerprint density at radius 2 is 1.70 bits per heavy atom. The van der Waals surface area contributed by atoms with Crippen molar-refractivity contribution in [2.75, 3.05) is 6.61 Å². The molecule has 0 bridgehead atoms. The van der Waals surface area contributed by atoms with Gasteiger partial charge < -0.3 is 10.5 Å². The smallest absolute Gasteiger partial charge is 0.124 e. The minimum Gasteiger partial charge on any atom is -0.494 e. The van der Waals surface area contributed by atoms with Crippen LogP contribution in [0.4, 0.5) is 0 Å². The van der Waals surface area contributed by atoms with Crippen LogP contribution in [0.15, 0.2) is 36.4 Å². The Kier molecular flexibility index (Phi) is 4.46. The van der Waals surface area contributed by atoms with Gasteiger partial charge in [0.15, 0.2) is 0 Å². The summed E-state index contributed by atoms with van der Waals surface area (Å²) in [5, 5.41) is 0. The third-order valence-corrected chi connectivity index (χ3v) is 3.65. The maximum Gasteiger partial charge on any atom is 0.124 e. The molecule has 2 nitrogen and oxygen atoms in total. The molecule has 2 heteroatoms. The van der Waals surface area contributed by atoms with Crippen LogP contribution in [0.25, 0.3) is 0 Å². The topological polar surface area (TPSA) is 35.2 Å². The molecule has 0 heterocycles. The first kappa shape index (κ1) is 14.6. The number of aryl methyl sites for hydroxylation is 3. The van der Waals surface area contributed by atoms with E-state index in [4.69, 9.17) is 10.5 Å². The zero-order chi connectivity index (χ0) is 14.7. The van der Waals surface area contributed by atoms with E-state index < -0.39 is 0 Å². The largest absolute Gasteiger partial charge is 0.494 e. The number of hydrogen-bond acceptors (Lipinski definition) is 2. The quantitative estimate of drug-likeness (QED) is 0.908. The molecule has 0 fully saturated rings. The standard InChI is InChI=1S/C18H23NO/c1-5-20-16-10-9-12(2)11-15(16)18(19)17-13(3)7-6-8-14(17)4/h6-11,18H,5,19H2,1-4H3. The van der Waals surface area contributed by atoms with Gasteiger partial charge in [-0.2, -0.15) is 0 Å². The van der Waals surface area contributed by atoms with Crippen molar-refractivity contribution in [3.05, 3.63) is 64.2 Å². The first-order chi connectivity index (χ1) is 9.54. The van der Waals surface area contributed by atoms with E-state index in [1.807, 2.05) is 13.0 Å². The molecule has 2 aromatic rings. The van der Waals surface area contributed by atoms with Gasteiger partial charge in [-0.15, -0.1) is 0 Å². The fraction of sp³-hybridized carbons (Fsp3) is 0.333. The molecule has 0 saturated heterocycles. The van der Waals surface area contributed by atoms with Crippen LogP contribution in [-0.4, -0.2) is 6.61 Å². The van der Waals surface area contributed by atoms with E-state index in [0.717, 1.165) is 11.3 Å². The number of hydrogen-bond donors (Lipinski definition) is 1. The highest BCUT2D eigenvalue weighted by Crippen LogP contribution is 2.32. The third-order valence-electron chi connectivity index (χ3n) is 3.65. The van der Waals surface area contributed by atoms with Crippen LogP contribution < -0.4 is 10.5 Å². The highest BCUT2D eigenvalue weighted by atomic mass is 16.5. The highest BCUT2D eigenvalue weighted by Gasteiger charge is 2.18. The lowest BCUT2D eigenvalue weighted by Gasteiger charge is -2.21. The molecule has 0 aromatic heterocycles. The fourth-order valence-electron chi connectivity index (χ4n) is 2.67. The molecule has 0 saturated carbocycles. The number of nitrogens with two attached hydrogens (primary N) is 1. The van der Waals surface area contributed by atoms with Gasteiger partial charge in [-0.3, -0.25) is 0 Å². The summed E-state index contributed by atoms with van der Waals surface area (Å²) in [5.41, 5.74) is 12.4. The Balaban J connectivity index is 2.52. The van der Waals surface area contributed by atoms with Gasteiger partial charge in [0, 0.05) is 5.56 Å². The minimum atomic E-state index is -0.155. The van der Waals surface area contributed by atoms with Crippen LogP contribution in [0.2, 0.25) is 0 Å². The van der Waals surface area contributed by atoms with Crippen LogP contribution in [0.3, 0.4) is 0 Å². The Morgan fingerprint density at radius 3 is 2.30 bits per heavy atom. The molecule has 20 heavy (non-hydrogen) atoms. The average Bonchev–Trinajstić information content (AvgIpc) is 2.40. The molecule has 106 valence electrons. The van der Waals surface area contributed by atoms with E-state index >= 15 is 0 Å². The molecular formula is C18H23NO. The first-order valence-electron chi connectivity index (χ1n) is 7.09. The SMILES string of the molecule is CCOc1ccc(C)cc1C(N)c1c(C)cccc1C. The summed E-state index contributed by atoms with van der Waals surface area (Å²) in [6, 6.07) is 12.3. The molecule has 0 radical (unpaired) electrons. The molecule has 2 N–H and O–H groups in total. The maximum atomic E-state index is 6.54. The Morgan fingerprint density at radius 1 is 1.05 bits per heavy atom. The normalized spacial score (nSPS) is 12.2. The maximum absolute atomic E-state index is 6.54. The lowest BCUT2D eigenvalue weighted by Crippen LogP contribution is -2.16. The van der Waals surface area contributed by atoms with Crippen molar-refractivity contribution in [2.24, 2.45) is 5.73 Å². The molecule has 0 aliphatic rings. The van der Waals surface area contributed by atoms with E-state index in [2.05, 4.69) is 51.1 Å². The second kappa shape index (κ2) is 6.10.